The molecule has 0 aromatic heterocycles. The van der Waals surface area contributed by atoms with E-state index in [2.05, 4.69) is 42.3 Å². The first kappa shape index (κ1) is 56.6. The standard InChI is InChI=1S/C47H88O12S/c1-3-5-7-9-11-13-15-17-19-20-21-22-23-25-27-29-31-33-35-37-55-39-41(40-56-47-45(51)46(59-60(52,53)54)44(50)42(38-48)58-47)57-43(49)36-34-32-30-28-26-24-18-16-14-12-10-8-6-4-2/h13,15,19-20,41-42,44-48,50-51H,3-12,14,16-18,21-40H2,1-2H3,(H,52,53,54)/b15-13-,20-19-. The Balaban J connectivity index is 2.39. The largest absolute Gasteiger partial charge is 0.457 e. The lowest BCUT2D eigenvalue weighted by molar-refractivity contribution is -0.301. The van der Waals surface area contributed by atoms with Crippen molar-refractivity contribution in [2.24, 2.45) is 0 Å². The molecule has 0 aromatic rings. The fourth-order valence-corrected chi connectivity index (χ4v) is 7.92. The van der Waals surface area contributed by atoms with Gasteiger partial charge in [-0.25, -0.2) is 4.18 Å². The fraction of sp³-hybridized carbons (Fsp3) is 0.894. The summed E-state index contributed by atoms with van der Waals surface area (Å²) >= 11 is 0. The maximum Gasteiger partial charge on any atom is 0.397 e. The first-order valence-corrected chi connectivity index (χ1v) is 25.5. The van der Waals surface area contributed by atoms with Crippen LogP contribution in [-0.2, 0) is 38.3 Å². The zero-order valence-corrected chi connectivity index (χ0v) is 38.6. The van der Waals surface area contributed by atoms with E-state index in [1.54, 1.807) is 0 Å². The van der Waals surface area contributed by atoms with E-state index in [1.807, 2.05) is 0 Å². The summed E-state index contributed by atoms with van der Waals surface area (Å²) in [7, 11) is -5.06. The first-order valence-electron chi connectivity index (χ1n) is 24.1. The third-order valence-electron chi connectivity index (χ3n) is 11.1. The number of carbonyl (C=O) groups excluding carboxylic acids is 1. The SMILES string of the molecule is CCCCCC/C=C\C/C=C\CCCCCCCCCCOCC(COC1OC(CO)C(O)C(OS(=O)(=O)O)C1O)OC(=O)CCCCCCCCCCCCCCCC. The van der Waals surface area contributed by atoms with E-state index in [-0.39, 0.29) is 19.6 Å². The second-order valence-electron chi connectivity index (χ2n) is 16.7. The third-order valence-corrected chi connectivity index (χ3v) is 11.5. The molecule has 60 heavy (non-hydrogen) atoms. The van der Waals surface area contributed by atoms with Gasteiger partial charge in [0.25, 0.3) is 0 Å². The number of ether oxygens (including phenoxy) is 4. The van der Waals surface area contributed by atoms with Crippen molar-refractivity contribution in [3.63, 3.8) is 0 Å². The maximum atomic E-state index is 12.9. The Labute approximate surface area is 365 Å². The van der Waals surface area contributed by atoms with Gasteiger partial charge in [-0.1, -0.05) is 179 Å². The van der Waals surface area contributed by atoms with Gasteiger partial charge < -0.3 is 34.3 Å². The molecular formula is C47H88O12S. The van der Waals surface area contributed by atoms with Gasteiger partial charge in [0.15, 0.2) is 6.29 Å². The van der Waals surface area contributed by atoms with Crippen molar-refractivity contribution in [2.45, 2.75) is 243 Å². The van der Waals surface area contributed by atoms with E-state index in [1.165, 1.54) is 128 Å². The van der Waals surface area contributed by atoms with Crippen LogP contribution < -0.4 is 0 Å². The Hall–Kier alpha value is -1.42. The molecule has 1 heterocycles. The molecule has 1 saturated heterocycles. The van der Waals surface area contributed by atoms with Crippen molar-refractivity contribution in [1.82, 2.24) is 0 Å². The first-order chi connectivity index (χ1) is 29.1. The Morgan fingerprint density at radius 2 is 1.10 bits per heavy atom. The van der Waals surface area contributed by atoms with Crippen molar-refractivity contribution in [3.8, 4) is 0 Å². The second-order valence-corrected chi connectivity index (χ2v) is 17.8. The van der Waals surface area contributed by atoms with Crippen molar-refractivity contribution in [2.75, 3.05) is 26.4 Å². The molecule has 0 aliphatic carbocycles. The van der Waals surface area contributed by atoms with Gasteiger partial charge in [0.1, 0.15) is 30.5 Å². The predicted molar refractivity (Wildman–Crippen MR) is 239 cm³/mol. The maximum absolute atomic E-state index is 12.9. The Morgan fingerprint density at radius 1 is 0.633 bits per heavy atom. The molecule has 0 bridgehead atoms. The molecule has 354 valence electrons. The minimum Gasteiger partial charge on any atom is -0.457 e. The Bertz CT molecular complexity index is 1150. The molecule has 0 amide bonds. The van der Waals surface area contributed by atoms with Gasteiger partial charge in [0, 0.05) is 13.0 Å². The van der Waals surface area contributed by atoms with Gasteiger partial charge >= 0.3 is 16.4 Å². The summed E-state index contributed by atoms with van der Waals surface area (Å²) in [6.07, 6.45) is 34.9. The Kier molecular flexibility index (Phi) is 37.0. The second kappa shape index (κ2) is 39.2. The average molecular weight is 877 g/mol. The number of allylic oxidation sites excluding steroid dienone is 4. The van der Waals surface area contributed by atoms with Crippen LogP contribution in [0.4, 0.5) is 0 Å². The van der Waals surface area contributed by atoms with Crippen LogP contribution in [0.5, 0.6) is 0 Å². The molecule has 13 heteroatoms. The number of hydrogen-bond acceptors (Lipinski definition) is 11. The van der Waals surface area contributed by atoms with Gasteiger partial charge in [-0.15, -0.1) is 0 Å². The highest BCUT2D eigenvalue weighted by Crippen LogP contribution is 2.26. The van der Waals surface area contributed by atoms with E-state index >= 15 is 0 Å². The van der Waals surface area contributed by atoms with Gasteiger partial charge in [-0.2, -0.15) is 8.42 Å². The Morgan fingerprint density at radius 3 is 1.60 bits per heavy atom. The van der Waals surface area contributed by atoms with Gasteiger partial charge in [0.2, 0.25) is 0 Å². The molecule has 0 radical (unpaired) electrons. The van der Waals surface area contributed by atoms with E-state index in [9.17, 15) is 28.5 Å². The van der Waals surface area contributed by atoms with Crippen LogP contribution >= 0.6 is 0 Å². The summed E-state index contributed by atoms with van der Waals surface area (Å²) in [6, 6.07) is 0. The highest BCUT2D eigenvalue weighted by Gasteiger charge is 2.48. The lowest BCUT2D eigenvalue weighted by Crippen LogP contribution is -2.60. The molecular weight excluding hydrogens is 789 g/mol. The van der Waals surface area contributed by atoms with Crippen molar-refractivity contribution < 1.29 is 56.2 Å². The average Bonchev–Trinajstić information content (AvgIpc) is 3.22. The normalized spacial score (nSPS) is 20.4. The van der Waals surface area contributed by atoms with Crippen molar-refractivity contribution in [1.29, 1.82) is 0 Å². The summed E-state index contributed by atoms with van der Waals surface area (Å²) in [6.45, 7) is 3.98. The van der Waals surface area contributed by atoms with Crippen molar-refractivity contribution >= 4 is 16.4 Å². The van der Waals surface area contributed by atoms with Crippen molar-refractivity contribution in [3.05, 3.63) is 24.3 Å². The smallest absolute Gasteiger partial charge is 0.397 e. The minimum atomic E-state index is -5.06. The van der Waals surface area contributed by atoms with E-state index in [0.29, 0.717) is 13.0 Å². The number of hydrogen-bond donors (Lipinski definition) is 4. The number of unbranched alkanes of at least 4 members (excludes halogenated alkanes) is 25. The molecule has 4 N–H and O–H groups in total. The summed E-state index contributed by atoms with van der Waals surface area (Å²) in [5.41, 5.74) is 0. The number of esters is 1. The molecule has 6 atom stereocenters. The number of aliphatic hydroxyl groups excluding tert-OH is 3. The quantitative estimate of drug-likeness (QED) is 0.0198. The number of aliphatic hydroxyl groups is 3. The highest BCUT2D eigenvalue weighted by atomic mass is 32.3. The highest BCUT2D eigenvalue weighted by molar-refractivity contribution is 7.80. The summed E-state index contributed by atoms with van der Waals surface area (Å²) in [4.78, 5) is 12.9. The van der Waals surface area contributed by atoms with Crippen LogP contribution in [0.15, 0.2) is 24.3 Å². The molecule has 0 aromatic carbocycles. The van der Waals surface area contributed by atoms with Crippen LogP contribution in [0.1, 0.15) is 206 Å². The summed E-state index contributed by atoms with van der Waals surface area (Å²) in [5, 5.41) is 30.7. The minimum absolute atomic E-state index is 0.0358. The van der Waals surface area contributed by atoms with Gasteiger partial charge in [0.05, 0.1) is 19.8 Å². The van der Waals surface area contributed by atoms with E-state index in [4.69, 9.17) is 23.5 Å². The molecule has 6 unspecified atom stereocenters. The molecule has 1 aliphatic heterocycles. The summed E-state index contributed by atoms with van der Waals surface area (Å²) < 4.78 is 59.1. The van der Waals surface area contributed by atoms with Crippen LogP contribution in [0, 0.1) is 0 Å². The lowest BCUT2D eigenvalue weighted by Gasteiger charge is -2.41. The summed E-state index contributed by atoms with van der Waals surface area (Å²) in [5.74, 6) is -0.399. The van der Waals surface area contributed by atoms with Crippen LogP contribution in [0.2, 0.25) is 0 Å². The molecule has 0 spiro atoms. The molecule has 0 saturated carbocycles. The monoisotopic (exact) mass is 877 g/mol. The fourth-order valence-electron chi connectivity index (χ4n) is 7.41. The van der Waals surface area contributed by atoms with Crippen LogP contribution in [0.25, 0.3) is 0 Å². The van der Waals surface area contributed by atoms with Crippen LogP contribution in [-0.4, -0.2) is 97.5 Å². The van der Waals surface area contributed by atoms with Gasteiger partial charge in [-0.05, 0) is 44.9 Å². The molecule has 12 nitrogen and oxygen atoms in total. The zero-order chi connectivity index (χ0) is 43.9. The molecule has 1 aliphatic rings. The lowest BCUT2D eigenvalue weighted by atomic mass is 9.99. The van der Waals surface area contributed by atoms with E-state index < -0.39 is 59.8 Å². The predicted octanol–water partition coefficient (Wildman–Crippen LogP) is 10.4. The topological polar surface area (TPSA) is 178 Å². The number of rotatable bonds is 42. The molecule has 1 rings (SSSR count). The zero-order valence-electron chi connectivity index (χ0n) is 37.8. The van der Waals surface area contributed by atoms with Gasteiger partial charge in [-0.3, -0.25) is 9.35 Å². The van der Waals surface area contributed by atoms with Crippen LogP contribution in [0.3, 0.4) is 0 Å². The number of carbonyl (C=O) groups is 1. The molecule has 1 fully saturated rings. The van der Waals surface area contributed by atoms with E-state index in [0.717, 1.165) is 51.4 Å². The third kappa shape index (κ3) is 32.3.